The summed E-state index contributed by atoms with van der Waals surface area (Å²) in [5.41, 5.74) is 0.815. The molecule has 9 heteroatoms. The summed E-state index contributed by atoms with van der Waals surface area (Å²) in [6.07, 6.45) is -4.36. The molecule has 33 heavy (non-hydrogen) atoms. The van der Waals surface area contributed by atoms with Crippen molar-refractivity contribution in [2.24, 2.45) is 0 Å². The molecule has 1 amide bonds. The standard InChI is InChI=1S/C24H22F4N2O2S/c25-20-4-6-21(7-5-20)32-15-18-13-22(33-16-18)23(31)30-10-8-29(9-11-30)14-17-2-1-3-19(12-17)24(26,27)28/h1-7,12-13,16H,8-11,14-15H2. The maximum absolute atomic E-state index is 13.0. The molecule has 0 saturated carbocycles. The number of alkyl halides is 3. The molecule has 1 saturated heterocycles. The molecule has 1 fully saturated rings. The Morgan fingerprint density at radius 1 is 0.970 bits per heavy atom. The first-order valence-corrected chi connectivity index (χ1v) is 11.3. The molecule has 4 rings (SSSR count). The number of piperazine rings is 1. The van der Waals surface area contributed by atoms with Crippen LogP contribution in [0.3, 0.4) is 0 Å². The van der Waals surface area contributed by atoms with Gasteiger partial charge in [-0.05, 0) is 47.3 Å². The van der Waals surface area contributed by atoms with Crippen LogP contribution in [-0.4, -0.2) is 41.9 Å². The van der Waals surface area contributed by atoms with Crippen LogP contribution in [0.1, 0.15) is 26.4 Å². The van der Waals surface area contributed by atoms with Crippen molar-refractivity contribution in [3.05, 3.63) is 87.4 Å². The van der Waals surface area contributed by atoms with Gasteiger partial charge in [0, 0.05) is 38.3 Å². The summed E-state index contributed by atoms with van der Waals surface area (Å²) in [7, 11) is 0. The lowest BCUT2D eigenvalue weighted by atomic mass is 10.1. The van der Waals surface area contributed by atoms with Crippen LogP contribution in [0.4, 0.5) is 17.6 Å². The van der Waals surface area contributed by atoms with E-state index in [4.69, 9.17) is 4.74 Å². The average Bonchev–Trinajstić information content (AvgIpc) is 3.27. The summed E-state index contributed by atoms with van der Waals surface area (Å²) < 4.78 is 57.4. The van der Waals surface area contributed by atoms with Gasteiger partial charge in [0.05, 0.1) is 10.4 Å². The highest BCUT2D eigenvalue weighted by molar-refractivity contribution is 7.12. The van der Waals surface area contributed by atoms with Gasteiger partial charge in [-0.25, -0.2) is 4.39 Å². The van der Waals surface area contributed by atoms with Crippen molar-refractivity contribution in [1.82, 2.24) is 9.80 Å². The van der Waals surface area contributed by atoms with E-state index in [2.05, 4.69) is 4.90 Å². The molecule has 1 aromatic heterocycles. The Labute approximate surface area is 193 Å². The number of hydrogen-bond acceptors (Lipinski definition) is 4. The monoisotopic (exact) mass is 478 g/mol. The van der Waals surface area contributed by atoms with Gasteiger partial charge < -0.3 is 9.64 Å². The smallest absolute Gasteiger partial charge is 0.416 e. The Kier molecular flexibility index (Phi) is 6.99. The SMILES string of the molecule is O=C(c1cc(COc2ccc(F)cc2)cs1)N1CCN(Cc2cccc(C(F)(F)F)c2)CC1. The van der Waals surface area contributed by atoms with E-state index >= 15 is 0 Å². The molecule has 1 aliphatic rings. The highest BCUT2D eigenvalue weighted by Crippen LogP contribution is 2.30. The molecule has 0 bridgehead atoms. The molecule has 0 spiro atoms. The number of amides is 1. The Balaban J connectivity index is 1.28. The average molecular weight is 479 g/mol. The van der Waals surface area contributed by atoms with Gasteiger partial charge in [-0.15, -0.1) is 11.3 Å². The van der Waals surface area contributed by atoms with Crippen LogP contribution in [-0.2, 0) is 19.3 Å². The fourth-order valence-corrected chi connectivity index (χ4v) is 4.49. The summed E-state index contributed by atoms with van der Waals surface area (Å²) in [5, 5.41) is 1.86. The van der Waals surface area contributed by atoms with Crippen molar-refractivity contribution >= 4 is 17.2 Å². The number of thiophene rings is 1. The summed E-state index contributed by atoms with van der Waals surface area (Å²) in [6.45, 7) is 2.89. The third kappa shape index (κ3) is 6.11. The second kappa shape index (κ2) is 9.93. The minimum absolute atomic E-state index is 0.0632. The van der Waals surface area contributed by atoms with E-state index < -0.39 is 11.7 Å². The van der Waals surface area contributed by atoms with Crippen molar-refractivity contribution in [2.45, 2.75) is 19.3 Å². The largest absolute Gasteiger partial charge is 0.489 e. The lowest BCUT2D eigenvalue weighted by Gasteiger charge is -2.34. The molecule has 0 atom stereocenters. The first-order valence-electron chi connectivity index (χ1n) is 10.4. The summed E-state index contributed by atoms with van der Waals surface area (Å²) in [5.74, 6) is 0.153. The lowest BCUT2D eigenvalue weighted by Crippen LogP contribution is -2.48. The number of hydrogen-bond donors (Lipinski definition) is 0. The molecule has 2 aromatic carbocycles. The van der Waals surface area contributed by atoms with Crippen LogP contribution in [0, 0.1) is 5.82 Å². The molecular formula is C24H22F4N2O2S. The van der Waals surface area contributed by atoms with Gasteiger partial charge in [-0.2, -0.15) is 13.2 Å². The maximum Gasteiger partial charge on any atom is 0.416 e. The van der Waals surface area contributed by atoms with E-state index in [1.54, 1.807) is 29.2 Å². The highest BCUT2D eigenvalue weighted by atomic mass is 32.1. The van der Waals surface area contributed by atoms with Crippen LogP contribution in [0.2, 0.25) is 0 Å². The number of benzene rings is 2. The Bertz CT molecular complexity index is 1090. The highest BCUT2D eigenvalue weighted by Gasteiger charge is 2.30. The minimum Gasteiger partial charge on any atom is -0.489 e. The number of carbonyl (C=O) groups excluding carboxylic acids is 1. The number of carbonyl (C=O) groups is 1. The summed E-state index contributed by atoms with van der Waals surface area (Å²) in [6, 6.07) is 12.9. The van der Waals surface area contributed by atoms with Crippen LogP contribution in [0.5, 0.6) is 5.75 Å². The quantitative estimate of drug-likeness (QED) is 0.442. The fourth-order valence-electron chi connectivity index (χ4n) is 3.63. The fraction of sp³-hybridized carbons (Fsp3) is 0.292. The first kappa shape index (κ1) is 23.3. The molecule has 2 heterocycles. The van der Waals surface area contributed by atoms with E-state index in [1.807, 2.05) is 5.38 Å². The minimum atomic E-state index is -4.36. The molecule has 1 aliphatic heterocycles. The van der Waals surface area contributed by atoms with E-state index in [1.165, 1.54) is 35.6 Å². The van der Waals surface area contributed by atoms with E-state index in [0.717, 1.165) is 11.6 Å². The van der Waals surface area contributed by atoms with Crippen LogP contribution in [0.25, 0.3) is 0 Å². The van der Waals surface area contributed by atoms with Crippen molar-refractivity contribution in [3.63, 3.8) is 0 Å². The van der Waals surface area contributed by atoms with Gasteiger partial charge in [0.1, 0.15) is 18.2 Å². The first-order chi connectivity index (χ1) is 15.8. The normalized spacial score (nSPS) is 15.0. The topological polar surface area (TPSA) is 32.8 Å². The molecule has 0 N–H and O–H groups in total. The van der Waals surface area contributed by atoms with Gasteiger partial charge in [0.25, 0.3) is 5.91 Å². The third-order valence-electron chi connectivity index (χ3n) is 5.40. The number of rotatable bonds is 6. The predicted octanol–water partition coefficient (Wildman–Crippen LogP) is 5.44. The lowest BCUT2D eigenvalue weighted by molar-refractivity contribution is -0.137. The molecule has 174 valence electrons. The van der Waals surface area contributed by atoms with E-state index in [0.29, 0.717) is 48.9 Å². The zero-order chi connectivity index (χ0) is 23.4. The van der Waals surface area contributed by atoms with Crippen molar-refractivity contribution < 1.29 is 27.1 Å². The van der Waals surface area contributed by atoms with E-state index in [-0.39, 0.29) is 18.3 Å². The van der Waals surface area contributed by atoms with Crippen molar-refractivity contribution in [1.29, 1.82) is 0 Å². The molecule has 0 aliphatic carbocycles. The maximum atomic E-state index is 13.0. The van der Waals surface area contributed by atoms with Gasteiger partial charge in [0.15, 0.2) is 0 Å². The second-order valence-electron chi connectivity index (χ2n) is 7.83. The predicted molar refractivity (Wildman–Crippen MR) is 118 cm³/mol. The second-order valence-corrected chi connectivity index (χ2v) is 8.74. The summed E-state index contributed by atoms with van der Waals surface area (Å²) >= 11 is 1.34. The summed E-state index contributed by atoms with van der Waals surface area (Å²) in [4.78, 5) is 17.3. The number of ether oxygens (including phenoxy) is 1. The van der Waals surface area contributed by atoms with Crippen molar-refractivity contribution in [3.8, 4) is 5.75 Å². The van der Waals surface area contributed by atoms with Gasteiger partial charge in [0.2, 0.25) is 0 Å². The zero-order valence-corrected chi connectivity index (χ0v) is 18.5. The number of halogens is 4. The van der Waals surface area contributed by atoms with Gasteiger partial charge in [-0.3, -0.25) is 9.69 Å². The molecule has 0 radical (unpaired) electrons. The molecular weight excluding hydrogens is 456 g/mol. The van der Waals surface area contributed by atoms with Crippen LogP contribution < -0.4 is 4.74 Å². The Morgan fingerprint density at radius 3 is 2.39 bits per heavy atom. The van der Waals surface area contributed by atoms with Gasteiger partial charge in [-0.1, -0.05) is 18.2 Å². The van der Waals surface area contributed by atoms with Crippen LogP contribution >= 0.6 is 11.3 Å². The Morgan fingerprint density at radius 2 is 1.70 bits per heavy atom. The number of nitrogens with zero attached hydrogens (tertiary/aromatic N) is 2. The molecule has 3 aromatic rings. The van der Waals surface area contributed by atoms with Crippen LogP contribution in [0.15, 0.2) is 60.0 Å². The zero-order valence-electron chi connectivity index (χ0n) is 17.6. The van der Waals surface area contributed by atoms with Gasteiger partial charge >= 0.3 is 6.18 Å². The van der Waals surface area contributed by atoms with E-state index in [9.17, 15) is 22.4 Å². The third-order valence-corrected chi connectivity index (χ3v) is 6.37. The van der Waals surface area contributed by atoms with Crippen molar-refractivity contribution in [2.75, 3.05) is 26.2 Å². The Hall–Kier alpha value is -2.91. The molecule has 4 nitrogen and oxygen atoms in total. The molecule has 0 unspecified atom stereocenters.